The highest BCUT2D eigenvalue weighted by molar-refractivity contribution is 7.90. The second-order valence-corrected chi connectivity index (χ2v) is 7.33. The molecule has 3 nitrogen and oxygen atoms in total. The molecule has 1 atom stereocenters. The van der Waals surface area contributed by atoms with Crippen molar-refractivity contribution in [1.82, 2.24) is 5.32 Å². The molecule has 1 unspecified atom stereocenters. The number of nitrogens with one attached hydrogen (secondary N) is 1. The lowest BCUT2D eigenvalue weighted by atomic mass is 9.81. The monoisotopic (exact) mass is 233 g/mol. The molecule has 1 aliphatic rings. The van der Waals surface area contributed by atoms with Crippen molar-refractivity contribution in [1.29, 1.82) is 0 Å². The number of hydrogen-bond donors (Lipinski definition) is 1. The van der Waals surface area contributed by atoms with Crippen molar-refractivity contribution in [2.45, 2.75) is 45.1 Å². The zero-order chi connectivity index (χ0) is 11.5. The smallest absolute Gasteiger partial charge is 0.147 e. The fraction of sp³-hybridized carbons (Fsp3) is 1.00. The van der Waals surface area contributed by atoms with E-state index in [1.54, 1.807) is 0 Å². The largest absolute Gasteiger partial charge is 0.311 e. The zero-order valence-corrected chi connectivity index (χ0v) is 10.9. The molecule has 0 aromatic heterocycles. The van der Waals surface area contributed by atoms with Crippen LogP contribution in [-0.4, -0.2) is 32.5 Å². The van der Waals surface area contributed by atoms with Crippen LogP contribution in [0.25, 0.3) is 0 Å². The third-order valence-corrected chi connectivity index (χ3v) is 4.55. The fourth-order valence-corrected chi connectivity index (χ4v) is 3.14. The second-order valence-electron chi connectivity index (χ2n) is 5.07. The first kappa shape index (κ1) is 13.0. The molecular weight excluding hydrogens is 210 g/mol. The Labute approximate surface area is 93.6 Å². The van der Waals surface area contributed by atoms with Crippen molar-refractivity contribution >= 4 is 9.84 Å². The molecule has 1 aliphatic heterocycles. The van der Waals surface area contributed by atoms with Gasteiger partial charge in [-0.05, 0) is 38.1 Å². The first-order valence-electron chi connectivity index (χ1n) is 5.78. The molecule has 1 saturated heterocycles. The lowest BCUT2D eigenvalue weighted by Gasteiger charge is -2.34. The van der Waals surface area contributed by atoms with Gasteiger partial charge in [-0.1, -0.05) is 13.8 Å². The Kier molecular flexibility index (Phi) is 4.18. The van der Waals surface area contributed by atoms with Gasteiger partial charge in [-0.3, -0.25) is 0 Å². The van der Waals surface area contributed by atoms with E-state index >= 15 is 0 Å². The van der Waals surface area contributed by atoms with Crippen molar-refractivity contribution in [3.63, 3.8) is 0 Å². The highest BCUT2D eigenvalue weighted by Crippen LogP contribution is 2.32. The van der Waals surface area contributed by atoms with Crippen LogP contribution in [0.1, 0.15) is 39.5 Å². The molecule has 90 valence electrons. The van der Waals surface area contributed by atoms with Gasteiger partial charge in [0.15, 0.2) is 0 Å². The van der Waals surface area contributed by atoms with Gasteiger partial charge in [0.25, 0.3) is 0 Å². The van der Waals surface area contributed by atoms with Crippen molar-refractivity contribution < 1.29 is 8.42 Å². The van der Waals surface area contributed by atoms with Gasteiger partial charge in [0, 0.05) is 17.5 Å². The first-order chi connectivity index (χ1) is 6.86. The summed E-state index contributed by atoms with van der Waals surface area (Å²) in [5.41, 5.74) is 0.199. The summed E-state index contributed by atoms with van der Waals surface area (Å²) in [6.07, 6.45) is 5.49. The molecule has 0 aliphatic carbocycles. The molecule has 1 rings (SSSR count). The van der Waals surface area contributed by atoms with Gasteiger partial charge in [-0.15, -0.1) is 0 Å². The molecule has 1 N–H and O–H groups in total. The molecule has 4 heteroatoms. The molecule has 1 fully saturated rings. The van der Waals surface area contributed by atoms with E-state index in [2.05, 4.69) is 19.2 Å². The Morgan fingerprint density at radius 2 is 2.07 bits per heavy atom. The average Bonchev–Trinajstić information content (AvgIpc) is 2.51. The van der Waals surface area contributed by atoms with Crippen LogP contribution in [0.5, 0.6) is 0 Å². The van der Waals surface area contributed by atoms with Gasteiger partial charge >= 0.3 is 0 Å². The minimum atomic E-state index is -2.80. The molecule has 0 spiro atoms. The van der Waals surface area contributed by atoms with Gasteiger partial charge < -0.3 is 5.32 Å². The van der Waals surface area contributed by atoms with Crippen LogP contribution >= 0.6 is 0 Å². The van der Waals surface area contributed by atoms with E-state index < -0.39 is 9.84 Å². The predicted molar refractivity (Wildman–Crippen MR) is 63.8 cm³/mol. The van der Waals surface area contributed by atoms with Crippen LogP contribution in [0.4, 0.5) is 0 Å². The summed E-state index contributed by atoms with van der Waals surface area (Å²) in [6.45, 7) is 5.52. The molecular formula is C11H23NO2S. The van der Waals surface area contributed by atoms with Gasteiger partial charge in [0.2, 0.25) is 0 Å². The quantitative estimate of drug-likeness (QED) is 0.784. The van der Waals surface area contributed by atoms with Crippen molar-refractivity contribution in [2.75, 3.05) is 18.6 Å². The summed E-state index contributed by atoms with van der Waals surface area (Å²) >= 11 is 0. The SMILES string of the molecule is CC(C)C1(CCCS(C)(=O)=O)CCCN1. The Hall–Kier alpha value is -0.0900. The molecule has 0 radical (unpaired) electrons. The lowest BCUT2D eigenvalue weighted by Crippen LogP contribution is -2.44. The van der Waals surface area contributed by atoms with Crippen LogP contribution in [0.3, 0.4) is 0 Å². The van der Waals surface area contributed by atoms with Crippen LogP contribution < -0.4 is 5.32 Å². The number of sulfone groups is 1. The van der Waals surface area contributed by atoms with Crippen LogP contribution in [0, 0.1) is 5.92 Å². The predicted octanol–water partition coefficient (Wildman–Crippen LogP) is 1.59. The molecule has 1 heterocycles. The maximum Gasteiger partial charge on any atom is 0.147 e. The summed E-state index contributed by atoms with van der Waals surface area (Å²) < 4.78 is 22.1. The van der Waals surface area contributed by atoms with Crippen LogP contribution in [0.15, 0.2) is 0 Å². The van der Waals surface area contributed by atoms with E-state index in [1.165, 1.54) is 19.1 Å². The third kappa shape index (κ3) is 3.76. The van der Waals surface area contributed by atoms with E-state index in [0.29, 0.717) is 11.7 Å². The zero-order valence-electron chi connectivity index (χ0n) is 10.0. The Balaban J connectivity index is 2.47. The molecule has 15 heavy (non-hydrogen) atoms. The molecule has 0 bridgehead atoms. The standard InChI is InChI=1S/C11H23NO2S/c1-10(2)11(6-4-8-12-11)7-5-9-15(3,13)14/h10,12H,4-9H2,1-3H3. The van der Waals surface area contributed by atoms with E-state index in [-0.39, 0.29) is 5.54 Å². The van der Waals surface area contributed by atoms with Gasteiger partial charge in [-0.25, -0.2) is 8.42 Å². The number of hydrogen-bond acceptors (Lipinski definition) is 3. The van der Waals surface area contributed by atoms with E-state index in [4.69, 9.17) is 0 Å². The van der Waals surface area contributed by atoms with Crippen LogP contribution in [-0.2, 0) is 9.84 Å². The average molecular weight is 233 g/mol. The van der Waals surface area contributed by atoms with Crippen molar-refractivity contribution in [3.8, 4) is 0 Å². The molecule has 0 saturated carbocycles. The molecule has 0 aromatic carbocycles. The minimum absolute atomic E-state index is 0.199. The summed E-state index contributed by atoms with van der Waals surface area (Å²) in [7, 11) is -2.80. The fourth-order valence-electron chi connectivity index (χ4n) is 2.47. The van der Waals surface area contributed by atoms with E-state index in [1.807, 2.05) is 0 Å². The summed E-state index contributed by atoms with van der Waals surface area (Å²) in [5.74, 6) is 0.905. The Bertz CT molecular complexity index is 290. The maximum atomic E-state index is 11.1. The minimum Gasteiger partial charge on any atom is -0.311 e. The molecule has 0 amide bonds. The lowest BCUT2D eigenvalue weighted by molar-refractivity contribution is 0.250. The topological polar surface area (TPSA) is 46.2 Å². The summed E-state index contributed by atoms with van der Waals surface area (Å²) in [4.78, 5) is 0. The van der Waals surface area contributed by atoms with Gasteiger partial charge in [0.05, 0.1) is 0 Å². The summed E-state index contributed by atoms with van der Waals surface area (Å²) in [6, 6.07) is 0. The highest BCUT2D eigenvalue weighted by Gasteiger charge is 2.35. The third-order valence-electron chi connectivity index (χ3n) is 3.52. The normalized spacial score (nSPS) is 27.5. The van der Waals surface area contributed by atoms with Gasteiger partial charge in [-0.2, -0.15) is 0 Å². The van der Waals surface area contributed by atoms with Crippen molar-refractivity contribution in [3.05, 3.63) is 0 Å². The first-order valence-corrected chi connectivity index (χ1v) is 7.84. The Morgan fingerprint density at radius 1 is 1.40 bits per heavy atom. The highest BCUT2D eigenvalue weighted by atomic mass is 32.2. The van der Waals surface area contributed by atoms with E-state index in [0.717, 1.165) is 19.4 Å². The second kappa shape index (κ2) is 4.83. The Morgan fingerprint density at radius 3 is 2.47 bits per heavy atom. The van der Waals surface area contributed by atoms with E-state index in [9.17, 15) is 8.42 Å². The van der Waals surface area contributed by atoms with Crippen LogP contribution in [0.2, 0.25) is 0 Å². The summed E-state index contributed by atoms with van der Waals surface area (Å²) in [5, 5.41) is 3.56. The maximum absolute atomic E-state index is 11.1. The number of rotatable bonds is 5. The van der Waals surface area contributed by atoms with Gasteiger partial charge in [0.1, 0.15) is 9.84 Å². The molecule has 0 aromatic rings. The van der Waals surface area contributed by atoms with Crippen molar-refractivity contribution in [2.24, 2.45) is 5.92 Å².